The van der Waals surface area contributed by atoms with Crippen molar-refractivity contribution in [3.63, 3.8) is 0 Å². The van der Waals surface area contributed by atoms with Crippen molar-refractivity contribution in [2.75, 3.05) is 4.90 Å². The smallest absolute Gasteiger partial charge is 0.180 e. The topological polar surface area (TPSA) is 3.24 Å². The van der Waals surface area contributed by atoms with E-state index in [4.69, 9.17) is 0 Å². The summed E-state index contributed by atoms with van der Waals surface area (Å²) in [7, 11) is -2.72. The first kappa shape index (κ1) is 39.1. The summed E-state index contributed by atoms with van der Waals surface area (Å²) in [5, 5.41) is 8.10. The fourth-order valence-electron chi connectivity index (χ4n) is 11.8. The number of rotatable bonds is 8. The van der Waals surface area contributed by atoms with Gasteiger partial charge in [-0.05, 0) is 130 Å². The number of hydrogen-bond acceptors (Lipinski definition) is 1. The van der Waals surface area contributed by atoms with Gasteiger partial charge in [0, 0.05) is 17.1 Å². The van der Waals surface area contributed by atoms with Gasteiger partial charge >= 0.3 is 0 Å². The van der Waals surface area contributed by atoms with Crippen LogP contribution >= 0.6 is 0 Å². The molecule has 0 spiro atoms. The van der Waals surface area contributed by atoms with Gasteiger partial charge in [0.05, 0.1) is 5.41 Å². The fourth-order valence-corrected chi connectivity index (χ4v) is 17.0. The molecule has 0 atom stereocenters. The van der Waals surface area contributed by atoms with Crippen molar-refractivity contribution in [2.24, 2.45) is 0 Å². The summed E-state index contributed by atoms with van der Waals surface area (Å²) in [6.07, 6.45) is 0. The molecule has 0 fully saturated rings. The molecule has 11 aromatic rings. The van der Waals surface area contributed by atoms with Crippen LogP contribution in [0.25, 0.3) is 44.2 Å². The van der Waals surface area contributed by atoms with Gasteiger partial charge in [0.15, 0.2) is 8.07 Å². The summed E-state index contributed by atoms with van der Waals surface area (Å²) in [5.41, 5.74) is 15.8. The molecule has 0 saturated carbocycles. The average Bonchev–Trinajstić information content (AvgIpc) is 3.88. The summed E-state index contributed by atoms with van der Waals surface area (Å²) in [5.74, 6) is 0. The molecule has 1 aliphatic carbocycles. The lowest BCUT2D eigenvalue weighted by Gasteiger charge is -2.34. The zero-order chi connectivity index (χ0) is 44.4. The van der Waals surface area contributed by atoms with Gasteiger partial charge in [0.2, 0.25) is 0 Å². The summed E-state index contributed by atoms with van der Waals surface area (Å²) in [6, 6.07) is 102. The van der Waals surface area contributed by atoms with E-state index in [2.05, 4.69) is 278 Å². The lowest BCUT2D eigenvalue weighted by molar-refractivity contribution is 0.769. The maximum atomic E-state index is 2.49. The first-order valence-electron chi connectivity index (χ1n) is 23.3. The van der Waals surface area contributed by atoms with Crippen molar-refractivity contribution < 1.29 is 0 Å². The lowest BCUT2D eigenvalue weighted by atomic mass is 9.67. The van der Waals surface area contributed by atoms with Gasteiger partial charge in [-0.25, -0.2) is 0 Å². The molecule has 0 saturated heterocycles. The number of fused-ring (bicyclic) bond motifs is 7. The molecule has 0 N–H and O–H groups in total. The summed E-state index contributed by atoms with van der Waals surface area (Å²) in [4.78, 5) is 2.45. The van der Waals surface area contributed by atoms with Gasteiger partial charge in [-0.3, -0.25) is 0 Å². The highest BCUT2D eigenvalue weighted by Crippen LogP contribution is 2.56. The van der Waals surface area contributed by atoms with Gasteiger partial charge in [0.1, 0.15) is 0 Å². The van der Waals surface area contributed by atoms with Crippen LogP contribution in [0.5, 0.6) is 0 Å². The Morgan fingerprint density at radius 3 is 1.48 bits per heavy atom. The minimum Gasteiger partial charge on any atom is -0.310 e. The van der Waals surface area contributed by atoms with Crippen molar-refractivity contribution in [3.05, 3.63) is 295 Å². The molecule has 1 aliphatic heterocycles. The molecule has 67 heavy (non-hydrogen) atoms. The second kappa shape index (κ2) is 15.7. The Hall–Kier alpha value is -8.30. The highest BCUT2D eigenvalue weighted by molar-refractivity contribution is 7.22. The van der Waals surface area contributed by atoms with Crippen molar-refractivity contribution in [1.29, 1.82) is 0 Å². The van der Waals surface area contributed by atoms with E-state index in [1.807, 2.05) is 0 Å². The Labute approximate surface area is 393 Å². The van der Waals surface area contributed by atoms with Crippen LogP contribution in [-0.4, -0.2) is 8.07 Å². The molecule has 1 nitrogen and oxygen atoms in total. The average molecular weight is 868 g/mol. The van der Waals surface area contributed by atoms with Crippen LogP contribution in [0.1, 0.15) is 22.3 Å². The SMILES string of the molecule is c1ccc(C2(c3cccc(-c4ccc(N(c5cccc([Si]6(c7ccccc7)c7ccccc7-c7ccccc76)c5)c5ccc6ccccc6c5)cc4)c3)c3ccccc3-c3ccccc32)cc1. The molecular formula is C65H45NSi. The third-order valence-electron chi connectivity index (χ3n) is 14.6. The predicted octanol–water partition coefficient (Wildman–Crippen LogP) is 13.7. The highest BCUT2D eigenvalue weighted by atomic mass is 28.3. The van der Waals surface area contributed by atoms with E-state index in [0.717, 1.165) is 17.1 Å². The minimum atomic E-state index is -2.72. The molecule has 1 heterocycles. The fraction of sp³-hybridized carbons (Fsp3) is 0.0154. The number of anilines is 3. The molecule has 0 radical (unpaired) electrons. The van der Waals surface area contributed by atoms with E-state index in [9.17, 15) is 0 Å². The Morgan fingerprint density at radius 2 is 0.791 bits per heavy atom. The molecule has 0 amide bonds. The number of benzene rings is 11. The van der Waals surface area contributed by atoms with Gasteiger partial charge < -0.3 is 4.90 Å². The zero-order valence-electron chi connectivity index (χ0n) is 36.9. The van der Waals surface area contributed by atoms with Gasteiger partial charge in [-0.15, -0.1) is 0 Å². The first-order valence-corrected chi connectivity index (χ1v) is 25.3. The lowest BCUT2D eigenvalue weighted by Crippen LogP contribution is -2.72. The van der Waals surface area contributed by atoms with Crippen LogP contribution in [-0.2, 0) is 5.41 Å². The van der Waals surface area contributed by atoms with Crippen LogP contribution in [0.15, 0.2) is 273 Å². The molecule has 11 aromatic carbocycles. The Morgan fingerprint density at radius 1 is 0.284 bits per heavy atom. The van der Waals surface area contributed by atoms with Crippen molar-refractivity contribution in [1.82, 2.24) is 0 Å². The minimum absolute atomic E-state index is 0.455. The summed E-state index contributed by atoms with van der Waals surface area (Å²) in [6.45, 7) is 0. The number of hydrogen-bond donors (Lipinski definition) is 0. The third kappa shape index (κ3) is 5.93. The van der Waals surface area contributed by atoms with Crippen molar-refractivity contribution in [2.45, 2.75) is 5.41 Å². The largest absolute Gasteiger partial charge is 0.310 e. The van der Waals surface area contributed by atoms with Crippen LogP contribution in [0.4, 0.5) is 17.1 Å². The van der Waals surface area contributed by atoms with Crippen molar-refractivity contribution >= 4 is 56.7 Å². The van der Waals surface area contributed by atoms with E-state index in [0.29, 0.717) is 0 Å². The molecule has 2 aliphatic rings. The molecule has 0 bridgehead atoms. The highest BCUT2D eigenvalue weighted by Gasteiger charge is 2.49. The Kier molecular flexibility index (Phi) is 9.16. The summed E-state index contributed by atoms with van der Waals surface area (Å²) < 4.78 is 0. The summed E-state index contributed by atoms with van der Waals surface area (Å²) >= 11 is 0. The third-order valence-corrected chi connectivity index (χ3v) is 19.5. The van der Waals surface area contributed by atoms with E-state index >= 15 is 0 Å². The Balaban J connectivity index is 0.965. The molecule has 2 heteroatoms. The first-order chi connectivity index (χ1) is 33.2. The number of nitrogens with zero attached hydrogens (tertiary/aromatic N) is 1. The monoisotopic (exact) mass is 867 g/mol. The van der Waals surface area contributed by atoms with Crippen molar-refractivity contribution in [3.8, 4) is 33.4 Å². The van der Waals surface area contributed by atoms with Gasteiger partial charge in [-0.2, -0.15) is 0 Å². The second-order valence-corrected chi connectivity index (χ2v) is 21.7. The second-order valence-electron chi connectivity index (χ2n) is 18.0. The Bertz CT molecular complexity index is 3560. The van der Waals surface area contributed by atoms with E-state index in [-0.39, 0.29) is 0 Å². The maximum Gasteiger partial charge on any atom is 0.180 e. The predicted molar refractivity (Wildman–Crippen MR) is 284 cm³/mol. The van der Waals surface area contributed by atoms with Crippen LogP contribution in [0.3, 0.4) is 0 Å². The van der Waals surface area contributed by atoms with E-state index < -0.39 is 13.5 Å². The molecule has 13 rings (SSSR count). The van der Waals surface area contributed by atoms with E-state index in [1.54, 1.807) is 0 Å². The van der Waals surface area contributed by atoms with Crippen LogP contribution in [0, 0.1) is 0 Å². The normalized spacial score (nSPS) is 13.6. The zero-order valence-corrected chi connectivity index (χ0v) is 37.9. The van der Waals surface area contributed by atoms with E-state index in [1.165, 1.54) is 87.2 Å². The van der Waals surface area contributed by atoms with Gasteiger partial charge in [-0.1, -0.05) is 231 Å². The van der Waals surface area contributed by atoms with Gasteiger partial charge in [0.25, 0.3) is 0 Å². The molecule has 314 valence electrons. The molecule has 0 unspecified atom stereocenters. The van der Waals surface area contributed by atoms with Crippen LogP contribution in [0.2, 0.25) is 0 Å². The molecular weight excluding hydrogens is 823 g/mol. The molecule has 0 aromatic heterocycles. The quantitative estimate of drug-likeness (QED) is 0.138. The standard InChI is InChI=1S/C65H45NSi/c1-3-22-50(23-4-1)65(61-33-13-9-29-57(61)58-30-10-14-34-62(58)65)51-24-17-21-48(43-51)47-37-40-52(41-38-47)66(54-42-39-46-19-7-8-20-49(46)44-54)53-25-18-28-56(45-53)67(55-26-5-2-6-27-55)63-35-15-11-31-59(63)60-32-12-16-36-64(60)67/h1-45H. The maximum absolute atomic E-state index is 2.72. The van der Waals surface area contributed by atoms with Crippen LogP contribution < -0.4 is 25.6 Å².